The van der Waals surface area contributed by atoms with Crippen molar-refractivity contribution >= 4 is 29.0 Å². The van der Waals surface area contributed by atoms with Crippen molar-refractivity contribution in [3.63, 3.8) is 0 Å². The van der Waals surface area contributed by atoms with Crippen molar-refractivity contribution in [1.82, 2.24) is 0 Å². The predicted molar refractivity (Wildman–Crippen MR) is 91.8 cm³/mol. The SMILES string of the molecule is CCSc1cccc(Oc2cccc(OC)c2)c1C(N)=S. The second-order valence-corrected chi connectivity index (χ2v) is 5.95. The Morgan fingerprint density at radius 1 is 1.19 bits per heavy atom. The first-order valence-corrected chi connectivity index (χ1v) is 7.92. The number of hydrogen-bond acceptors (Lipinski definition) is 4. The highest BCUT2D eigenvalue weighted by molar-refractivity contribution is 7.99. The van der Waals surface area contributed by atoms with Crippen LogP contribution in [0.5, 0.6) is 17.2 Å². The summed E-state index contributed by atoms with van der Waals surface area (Å²) in [5.74, 6) is 3.03. The number of rotatable bonds is 6. The van der Waals surface area contributed by atoms with Crippen molar-refractivity contribution in [2.45, 2.75) is 11.8 Å². The van der Waals surface area contributed by atoms with Crippen LogP contribution in [-0.4, -0.2) is 17.9 Å². The fraction of sp³-hybridized carbons (Fsp3) is 0.188. The standard InChI is InChI=1S/C16H17NO2S2/c1-3-21-14-9-5-8-13(15(14)16(17)20)19-12-7-4-6-11(10-12)18-2/h4-10H,3H2,1-2H3,(H2,17,20). The molecule has 0 atom stereocenters. The number of methoxy groups -OCH3 is 1. The van der Waals surface area contributed by atoms with E-state index < -0.39 is 0 Å². The molecule has 0 aliphatic carbocycles. The maximum Gasteiger partial charge on any atom is 0.138 e. The Bertz CT molecular complexity index is 644. The van der Waals surface area contributed by atoms with Gasteiger partial charge >= 0.3 is 0 Å². The van der Waals surface area contributed by atoms with Gasteiger partial charge in [0.2, 0.25) is 0 Å². The van der Waals surface area contributed by atoms with E-state index in [2.05, 4.69) is 6.92 Å². The molecule has 0 bridgehead atoms. The Morgan fingerprint density at radius 3 is 2.57 bits per heavy atom. The Kier molecular flexibility index (Phi) is 5.47. The van der Waals surface area contributed by atoms with Gasteiger partial charge in [-0.2, -0.15) is 0 Å². The quantitative estimate of drug-likeness (QED) is 0.637. The molecule has 0 aliphatic heterocycles. The van der Waals surface area contributed by atoms with Crippen LogP contribution in [-0.2, 0) is 0 Å². The zero-order valence-corrected chi connectivity index (χ0v) is 13.6. The number of thioether (sulfide) groups is 1. The highest BCUT2D eigenvalue weighted by Gasteiger charge is 2.13. The monoisotopic (exact) mass is 319 g/mol. The van der Waals surface area contributed by atoms with Crippen LogP contribution in [0.2, 0.25) is 0 Å². The zero-order chi connectivity index (χ0) is 15.2. The fourth-order valence-corrected chi connectivity index (χ4v) is 3.02. The maximum absolute atomic E-state index is 5.94. The number of nitrogens with two attached hydrogens (primary N) is 1. The molecule has 0 heterocycles. The zero-order valence-electron chi connectivity index (χ0n) is 12.0. The Labute approximate surface area is 134 Å². The molecule has 0 saturated carbocycles. The third kappa shape index (κ3) is 3.89. The van der Waals surface area contributed by atoms with E-state index in [1.165, 1.54) is 0 Å². The summed E-state index contributed by atoms with van der Waals surface area (Å²) in [6, 6.07) is 13.2. The molecule has 0 radical (unpaired) electrons. The number of hydrogen-bond donors (Lipinski definition) is 1. The summed E-state index contributed by atoms with van der Waals surface area (Å²) < 4.78 is 11.1. The van der Waals surface area contributed by atoms with Crippen molar-refractivity contribution in [1.29, 1.82) is 0 Å². The van der Waals surface area contributed by atoms with Gasteiger partial charge in [-0.25, -0.2) is 0 Å². The highest BCUT2D eigenvalue weighted by Crippen LogP contribution is 2.33. The summed E-state index contributed by atoms with van der Waals surface area (Å²) in [6.45, 7) is 2.09. The molecule has 2 rings (SSSR count). The molecule has 2 N–H and O–H groups in total. The van der Waals surface area contributed by atoms with Gasteiger partial charge in [-0.1, -0.05) is 31.3 Å². The molecule has 5 heteroatoms. The molecule has 0 saturated heterocycles. The van der Waals surface area contributed by atoms with Gasteiger partial charge in [0.05, 0.1) is 12.7 Å². The van der Waals surface area contributed by atoms with E-state index in [0.29, 0.717) is 16.5 Å². The predicted octanol–water partition coefficient (Wildman–Crippen LogP) is 4.23. The van der Waals surface area contributed by atoms with Gasteiger partial charge < -0.3 is 15.2 Å². The molecule has 110 valence electrons. The van der Waals surface area contributed by atoms with Crippen LogP contribution in [0.4, 0.5) is 0 Å². The van der Waals surface area contributed by atoms with E-state index >= 15 is 0 Å². The van der Waals surface area contributed by atoms with E-state index in [9.17, 15) is 0 Å². The third-order valence-electron chi connectivity index (χ3n) is 2.80. The van der Waals surface area contributed by atoms with Crippen molar-refractivity contribution in [3.8, 4) is 17.2 Å². The van der Waals surface area contributed by atoms with E-state index in [1.807, 2.05) is 42.5 Å². The minimum atomic E-state index is 0.337. The van der Waals surface area contributed by atoms with Crippen molar-refractivity contribution < 1.29 is 9.47 Å². The summed E-state index contributed by atoms with van der Waals surface area (Å²) in [5.41, 5.74) is 6.65. The molecule has 0 unspecified atom stereocenters. The number of benzene rings is 2. The summed E-state index contributed by atoms with van der Waals surface area (Å²) in [4.78, 5) is 1.37. The lowest BCUT2D eigenvalue weighted by Gasteiger charge is -2.14. The fourth-order valence-electron chi connectivity index (χ4n) is 1.91. The highest BCUT2D eigenvalue weighted by atomic mass is 32.2. The molecular weight excluding hydrogens is 302 g/mol. The topological polar surface area (TPSA) is 44.5 Å². The second-order valence-electron chi connectivity index (χ2n) is 4.21. The number of thiocarbonyl (C=S) groups is 1. The smallest absolute Gasteiger partial charge is 0.138 e. The molecule has 0 fully saturated rings. The van der Waals surface area contributed by atoms with Crippen LogP contribution in [0, 0.1) is 0 Å². The molecular formula is C16H17NO2S2. The summed E-state index contributed by atoms with van der Waals surface area (Å²) in [7, 11) is 1.62. The summed E-state index contributed by atoms with van der Waals surface area (Å²) in [5, 5.41) is 0. The van der Waals surface area contributed by atoms with Crippen LogP contribution < -0.4 is 15.2 Å². The van der Waals surface area contributed by atoms with Crippen molar-refractivity contribution in [3.05, 3.63) is 48.0 Å². The van der Waals surface area contributed by atoms with Crippen LogP contribution in [0.25, 0.3) is 0 Å². The first-order chi connectivity index (χ1) is 10.2. The van der Waals surface area contributed by atoms with E-state index in [4.69, 9.17) is 27.4 Å². The summed E-state index contributed by atoms with van der Waals surface area (Å²) in [6.07, 6.45) is 0. The molecule has 21 heavy (non-hydrogen) atoms. The Hall–Kier alpha value is -1.72. The molecule has 0 aromatic heterocycles. The maximum atomic E-state index is 5.94. The average molecular weight is 319 g/mol. The van der Waals surface area contributed by atoms with Crippen LogP contribution in [0.3, 0.4) is 0 Å². The second kappa shape index (κ2) is 7.33. The largest absolute Gasteiger partial charge is 0.497 e. The normalized spacial score (nSPS) is 10.2. The van der Waals surface area contributed by atoms with Gasteiger partial charge in [-0.3, -0.25) is 0 Å². The van der Waals surface area contributed by atoms with Gasteiger partial charge in [0.1, 0.15) is 22.2 Å². The van der Waals surface area contributed by atoms with Gasteiger partial charge in [-0.05, 0) is 30.0 Å². The molecule has 2 aromatic rings. The van der Waals surface area contributed by atoms with Gasteiger partial charge in [0.25, 0.3) is 0 Å². The molecule has 3 nitrogen and oxygen atoms in total. The minimum Gasteiger partial charge on any atom is -0.497 e. The van der Waals surface area contributed by atoms with E-state index in [-0.39, 0.29) is 0 Å². The first-order valence-electron chi connectivity index (χ1n) is 6.53. The molecule has 0 aliphatic rings. The molecule has 0 amide bonds. The van der Waals surface area contributed by atoms with Crippen molar-refractivity contribution in [2.75, 3.05) is 12.9 Å². The van der Waals surface area contributed by atoms with Crippen molar-refractivity contribution in [2.24, 2.45) is 5.73 Å². The Morgan fingerprint density at radius 2 is 1.90 bits per heavy atom. The van der Waals surface area contributed by atoms with Crippen LogP contribution in [0.1, 0.15) is 12.5 Å². The van der Waals surface area contributed by atoms with Gasteiger partial charge in [0, 0.05) is 11.0 Å². The van der Waals surface area contributed by atoms with Gasteiger partial charge in [-0.15, -0.1) is 11.8 Å². The lowest BCUT2D eigenvalue weighted by Crippen LogP contribution is -2.12. The number of ether oxygens (including phenoxy) is 2. The van der Waals surface area contributed by atoms with E-state index in [1.54, 1.807) is 18.9 Å². The summed E-state index contributed by atoms with van der Waals surface area (Å²) >= 11 is 6.87. The lowest BCUT2D eigenvalue weighted by molar-refractivity contribution is 0.409. The lowest BCUT2D eigenvalue weighted by atomic mass is 10.2. The average Bonchev–Trinajstić information content (AvgIpc) is 2.47. The van der Waals surface area contributed by atoms with Crippen LogP contribution >= 0.6 is 24.0 Å². The van der Waals surface area contributed by atoms with E-state index in [0.717, 1.165) is 22.0 Å². The van der Waals surface area contributed by atoms with Gasteiger partial charge in [0.15, 0.2) is 0 Å². The third-order valence-corrected chi connectivity index (χ3v) is 3.95. The first kappa shape index (κ1) is 15.7. The molecule has 0 spiro atoms. The Balaban J connectivity index is 2.38. The van der Waals surface area contributed by atoms with Crippen LogP contribution in [0.15, 0.2) is 47.4 Å². The molecule has 2 aromatic carbocycles. The minimum absolute atomic E-state index is 0.337.